The molecule has 0 bridgehead atoms. The van der Waals surface area contributed by atoms with Crippen molar-refractivity contribution in [2.75, 3.05) is 5.32 Å². The zero-order valence-electron chi connectivity index (χ0n) is 11.8. The first-order chi connectivity index (χ1) is 10.2. The summed E-state index contributed by atoms with van der Waals surface area (Å²) < 4.78 is 2.07. The Morgan fingerprint density at radius 3 is 2.57 bits per heavy atom. The molecule has 0 aliphatic rings. The lowest BCUT2D eigenvalue weighted by Crippen LogP contribution is -2.28. The van der Waals surface area contributed by atoms with Crippen LogP contribution in [0.5, 0.6) is 0 Å². The summed E-state index contributed by atoms with van der Waals surface area (Å²) in [5, 5.41) is 6.87. The predicted molar refractivity (Wildman–Crippen MR) is 85.2 cm³/mol. The number of aromatic nitrogens is 1. The maximum absolute atomic E-state index is 11.9. The molecule has 0 aliphatic carbocycles. The summed E-state index contributed by atoms with van der Waals surface area (Å²) in [4.78, 5) is 11.9. The van der Waals surface area contributed by atoms with Crippen LogP contribution in [0.4, 0.5) is 10.5 Å². The van der Waals surface area contributed by atoms with Gasteiger partial charge < -0.3 is 15.2 Å². The van der Waals surface area contributed by atoms with E-state index in [2.05, 4.69) is 27.3 Å². The first kappa shape index (κ1) is 13.2. The zero-order valence-corrected chi connectivity index (χ0v) is 11.8. The molecule has 106 valence electrons. The molecule has 4 nitrogen and oxygen atoms in total. The van der Waals surface area contributed by atoms with Crippen molar-refractivity contribution in [1.82, 2.24) is 9.88 Å². The molecule has 0 saturated heterocycles. The highest BCUT2D eigenvalue weighted by Gasteiger charge is 2.07. The summed E-state index contributed by atoms with van der Waals surface area (Å²) in [6.45, 7) is 0.500. The van der Waals surface area contributed by atoms with Crippen LogP contribution in [0.1, 0.15) is 5.56 Å². The standard InChI is InChI=1S/C17H17N3O/c1-20-12-13(15-9-5-6-10-16(15)20)11-18-17(21)19-14-7-3-2-4-8-14/h2-10,12H,11H2,1H3,(H2,18,19,21). The van der Waals surface area contributed by atoms with E-state index in [1.54, 1.807) is 0 Å². The van der Waals surface area contributed by atoms with Crippen LogP contribution >= 0.6 is 0 Å². The van der Waals surface area contributed by atoms with Crippen LogP contribution in [-0.4, -0.2) is 10.6 Å². The van der Waals surface area contributed by atoms with E-state index < -0.39 is 0 Å². The third-order valence-corrected chi connectivity index (χ3v) is 3.45. The third kappa shape index (κ3) is 2.89. The molecule has 0 unspecified atom stereocenters. The minimum atomic E-state index is -0.200. The van der Waals surface area contributed by atoms with Crippen molar-refractivity contribution in [3.05, 3.63) is 66.4 Å². The summed E-state index contributed by atoms with van der Waals surface area (Å²) in [5.74, 6) is 0. The Labute approximate surface area is 123 Å². The maximum atomic E-state index is 11.9. The number of hydrogen-bond acceptors (Lipinski definition) is 1. The number of aryl methyl sites for hydroxylation is 1. The molecule has 0 spiro atoms. The Morgan fingerprint density at radius 1 is 1.05 bits per heavy atom. The van der Waals surface area contributed by atoms with E-state index in [9.17, 15) is 4.79 Å². The largest absolute Gasteiger partial charge is 0.350 e. The van der Waals surface area contributed by atoms with Gasteiger partial charge in [-0.25, -0.2) is 4.79 Å². The number of carbonyl (C=O) groups is 1. The lowest BCUT2D eigenvalue weighted by molar-refractivity contribution is 0.252. The lowest BCUT2D eigenvalue weighted by Gasteiger charge is -2.06. The van der Waals surface area contributed by atoms with Crippen molar-refractivity contribution in [3.8, 4) is 0 Å². The number of carbonyl (C=O) groups excluding carboxylic acids is 1. The molecular weight excluding hydrogens is 262 g/mol. The molecule has 4 heteroatoms. The molecule has 0 atom stereocenters. The van der Waals surface area contributed by atoms with Crippen LogP contribution in [0.3, 0.4) is 0 Å². The molecule has 0 fully saturated rings. The Hall–Kier alpha value is -2.75. The van der Waals surface area contributed by atoms with Crippen molar-refractivity contribution in [1.29, 1.82) is 0 Å². The van der Waals surface area contributed by atoms with Crippen LogP contribution in [0, 0.1) is 0 Å². The Bertz CT molecular complexity index is 762. The second-order valence-electron chi connectivity index (χ2n) is 4.96. The summed E-state index contributed by atoms with van der Waals surface area (Å²) in [5.41, 5.74) is 3.06. The van der Waals surface area contributed by atoms with E-state index >= 15 is 0 Å². The van der Waals surface area contributed by atoms with Gasteiger partial charge in [0.15, 0.2) is 0 Å². The smallest absolute Gasteiger partial charge is 0.319 e. The number of anilines is 1. The first-order valence-corrected chi connectivity index (χ1v) is 6.87. The van der Waals surface area contributed by atoms with Crippen LogP contribution in [-0.2, 0) is 13.6 Å². The molecule has 2 aromatic carbocycles. The minimum Gasteiger partial charge on any atom is -0.350 e. The number of nitrogens with one attached hydrogen (secondary N) is 2. The number of benzene rings is 2. The Morgan fingerprint density at radius 2 is 1.76 bits per heavy atom. The normalized spacial score (nSPS) is 10.5. The minimum absolute atomic E-state index is 0.200. The van der Waals surface area contributed by atoms with Gasteiger partial charge in [-0.1, -0.05) is 36.4 Å². The van der Waals surface area contributed by atoms with Gasteiger partial charge in [0.1, 0.15) is 0 Å². The van der Waals surface area contributed by atoms with E-state index in [0.29, 0.717) is 6.54 Å². The highest BCUT2D eigenvalue weighted by molar-refractivity contribution is 5.90. The van der Waals surface area contributed by atoms with E-state index in [0.717, 1.165) is 16.8 Å². The van der Waals surface area contributed by atoms with Gasteiger partial charge in [-0.15, -0.1) is 0 Å². The highest BCUT2D eigenvalue weighted by Crippen LogP contribution is 2.19. The van der Waals surface area contributed by atoms with Gasteiger partial charge >= 0.3 is 6.03 Å². The SMILES string of the molecule is Cn1cc(CNC(=O)Nc2ccccc2)c2ccccc21. The molecule has 0 aliphatic heterocycles. The van der Waals surface area contributed by atoms with Gasteiger partial charge in [0, 0.05) is 36.4 Å². The summed E-state index contributed by atoms with van der Waals surface area (Å²) in [7, 11) is 2.01. The number of hydrogen-bond donors (Lipinski definition) is 2. The van der Waals surface area contributed by atoms with Gasteiger partial charge in [0.2, 0.25) is 0 Å². The molecule has 3 aromatic rings. The number of urea groups is 1. The van der Waals surface area contributed by atoms with Crippen LogP contribution in [0.2, 0.25) is 0 Å². The van der Waals surface area contributed by atoms with Crippen molar-refractivity contribution >= 4 is 22.6 Å². The van der Waals surface area contributed by atoms with Crippen molar-refractivity contribution < 1.29 is 4.79 Å². The van der Waals surface area contributed by atoms with Gasteiger partial charge in [0.05, 0.1) is 0 Å². The monoisotopic (exact) mass is 279 g/mol. The van der Waals surface area contributed by atoms with Gasteiger partial charge in [-0.2, -0.15) is 0 Å². The molecule has 1 heterocycles. The topological polar surface area (TPSA) is 46.1 Å². The van der Waals surface area contributed by atoms with Crippen molar-refractivity contribution in [3.63, 3.8) is 0 Å². The number of rotatable bonds is 3. The van der Waals surface area contributed by atoms with Gasteiger partial charge in [-0.3, -0.25) is 0 Å². The molecule has 2 N–H and O–H groups in total. The Kier molecular flexibility index (Phi) is 3.60. The molecular formula is C17H17N3O. The predicted octanol–water partition coefficient (Wildman–Crippen LogP) is 3.50. The number of amides is 2. The zero-order chi connectivity index (χ0) is 14.7. The van der Waals surface area contributed by atoms with Crippen LogP contribution < -0.4 is 10.6 Å². The lowest BCUT2D eigenvalue weighted by atomic mass is 10.2. The molecule has 21 heavy (non-hydrogen) atoms. The van der Waals surface area contributed by atoms with Crippen LogP contribution in [0.15, 0.2) is 60.8 Å². The molecule has 3 rings (SSSR count). The fourth-order valence-electron chi connectivity index (χ4n) is 2.44. The first-order valence-electron chi connectivity index (χ1n) is 6.87. The van der Waals surface area contributed by atoms with E-state index in [4.69, 9.17) is 0 Å². The average molecular weight is 279 g/mol. The number of fused-ring (bicyclic) bond motifs is 1. The third-order valence-electron chi connectivity index (χ3n) is 3.45. The van der Waals surface area contributed by atoms with Gasteiger partial charge in [-0.05, 0) is 23.8 Å². The fraction of sp³-hybridized carbons (Fsp3) is 0.118. The maximum Gasteiger partial charge on any atom is 0.319 e. The quantitative estimate of drug-likeness (QED) is 0.757. The van der Waals surface area contributed by atoms with Gasteiger partial charge in [0.25, 0.3) is 0 Å². The fourth-order valence-corrected chi connectivity index (χ4v) is 2.44. The average Bonchev–Trinajstić information content (AvgIpc) is 2.83. The summed E-state index contributed by atoms with van der Waals surface area (Å²) >= 11 is 0. The van der Waals surface area contributed by atoms with Crippen molar-refractivity contribution in [2.45, 2.75) is 6.54 Å². The summed E-state index contributed by atoms with van der Waals surface area (Å²) in [6.07, 6.45) is 2.05. The van der Waals surface area contributed by atoms with E-state index in [1.165, 1.54) is 5.39 Å². The van der Waals surface area contributed by atoms with E-state index in [-0.39, 0.29) is 6.03 Å². The molecule has 2 amide bonds. The molecule has 0 saturated carbocycles. The van der Waals surface area contributed by atoms with E-state index in [1.807, 2.05) is 55.7 Å². The molecule has 0 radical (unpaired) electrons. The van der Waals surface area contributed by atoms with Crippen molar-refractivity contribution in [2.24, 2.45) is 7.05 Å². The number of nitrogens with zero attached hydrogens (tertiary/aromatic N) is 1. The highest BCUT2D eigenvalue weighted by atomic mass is 16.2. The molecule has 1 aromatic heterocycles. The number of para-hydroxylation sites is 2. The Balaban J connectivity index is 1.68. The second kappa shape index (κ2) is 5.71. The second-order valence-corrected chi connectivity index (χ2v) is 4.96. The van der Waals surface area contributed by atoms with Crippen LogP contribution in [0.25, 0.3) is 10.9 Å². The summed E-state index contributed by atoms with van der Waals surface area (Å²) in [6, 6.07) is 17.4.